The molecule has 0 atom stereocenters. The van der Waals surface area contributed by atoms with Crippen molar-refractivity contribution in [2.24, 2.45) is 0 Å². The number of aromatic nitrogens is 1. The third kappa shape index (κ3) is 2.44. The van der Waals surface area contributed by atoms with E-state index in [1.807, 2.05) is 30.3 Å². The Morgan fingerprint density at radius 2 is 1.82 bits per heavy atom. The van der Waals surface area contributed by atoms with Crippen LogP contribution in [0.5, 0.6) is 0 Å². The topological polar surface area (TPSA) is 20.9 Å². The quantitative estimate of drug-likeness (QED) is 0.602. The highest BCUT2D eigenvalue weighted by Crippen LogP contribution is 2.14. The van der Waals surface area contributed by atoms with Gasteiger partial charge >= 0.3 is 0 Å². The predicted molar refractivity (Wildman–Crippen MR) is 69.5 cm³/mol. The van der Waals surface area contributed by atoms with Gasteiger partial charge in [-0.05, 0) is 6.92 Å². The number of benzene rings is 1. The lowest BCUT2D eigenvalue weighted by atomic mass is 10.1. The Hall–Kier alpha value is -1.48. The molecule has 88 valence electrons. The van der Waals surface area contributed by atoms with Crippen LogP contribution in [0, 0.1) is 20.8 Å². The van der Waals surface area contributed by atoms with E-state index in [1.54, 1.807) is 11.3 Å². The molecule has 0 amide bonds. The van der Waals surface area contributed by atoms with Crippen LogP contribution in [0.3, 0.4) is 0 Å². The number of hydrogen-bond acceptors (Lipinski definition) is 2. The lowest BCUT2D eigenvalue weighted by molar-refractivity contribution is -0.690. The van der Waals surface area contributed by atoms with Crippen LogP contribution in [-0.4, -0.2) is 5.78 Å². The van der Waals surface area contributed by atoms with E-state index in [1.165, 1.54) is 15.6 Å². The molecule has 0 bridgehead atoms. The molecule has 3 heteroatoms. The fourth-order valence-electron chi connectivity index (χ4n) is 1.87. The van der Waals surface area contributed by atoms with Crippen LogP contribution in [0.2, 0.25) is 0 Å². The molecule has 0 saturated carbocycles. The molecule has 1 aromatic carbocycles. The first-order valence-electron chi connectivity index (χ1n) is 5.64. The van der Waals surface area contributed by atoms with Gasteiger partial charge in [-0.1, -0.05) is 41.7 Å². The van der Waals surface area contributed by atoms with Gasteiger partial charge in [0.1, 0.15) is 0 Å². The Balaban J connectivity index is 2.25. The highest BCUT2D eigenvalue weighted by Gasteiger charge is 2.21. The van der Waals surface area contributed by atoms with Crippen molar-refractivity contribution in [2.45, 2.75) is 27.3 Å². The molecule has 0 spiro atoms. The Kier molecular flexibility index (Phi) is 3.38. The van der Waals surface area contributed by atoms with Gasteiger partial charge in [-0.15, -0.1) is 0 Å². The fraction of sp³-hybridized carbons (Fsp3) is 0.286. The Morgan fingerprint density at radius 3 is 2.35 bits per heavy atom. The smallest absolute Gasteiger partial charge is 0.234 e. The zero-order chi connectivity index (χ0) is 12.4. The average Bonchev–Trinajstić information content (AvgIpc) is 2.57. The lowest BCUT2D eigenvalue weighted by Gasteiger charge is -1.98. The van der Waals surface area contributed by atoms with Crippen molar-refractivity contribution in [2.75, 3.05) is 0 Å². The maximum absolute atomic E-state index is 12.1. The van der Waals surface area contributed by atoms with Gasteiger partial charge in [0.25, 0.3) is 0 Å². The minimum absolute atomic E-state index is 0.166. The minimum atomic E-state index is 0.166. The second kappa shape index (κ2) is 4.80. The molecular formula is C14H16NOS+. The molecule has 0 N–H and O–H groups in total. The lowest BCUT2D eigenvalue weighted by Crippen LogP contribution is -2.41. The molecular weight excluding hydrogens is 230 g/mol. The average molecular weight is 246 g/mol. The van der Waals surface area contributed by atoms with Gasteiger partial charge in [0, 0.05) is 19.4 Å². The SMILES string of the molecule is Cc1sc(C)[n+](CC(=O)c2ccccc2)c1C. The predicted octanol–water partition coefficient (Wildman–Crippen LogP) is 2.84. The Bertz CT molecular complexity index is 543. The van der Waals surface area contributed by atoms with E-state index in [4.69, 9.17) is 0 Å². The highest BCUT2D eigenvalue weighted by molar-refractivity contribution is 7.11. The van der Waals surface area contributed by atoms with Gasteiger partial charge in [-0.25, -0.2) is 0 Å². The Labute approximate surface area is 106 Å². The summed E-state index contributed by atoms with van der Waals surface area (Å²) < 4.78 is 2.09. The maximum atomic E-state index is 12.1. The number of carbonyl (C=O) groups is 1. The summed E-state index contributed by atoms with van der Waals surface area (Å²) in [5.74, 6) is 0.166. The van der Waals surface area contributed by atoms with Crippen LogP contribution in [0.1, 0.15) is 25.9 Å². The summed E-state index contributed by atoms with van der Waals surface area (Å²) in [7, 11) is 0. The summed E-state index contributed by atoms with van der Waals surface area (Å²) in [6, 6.07) is 9.46. The Morgan fingerprint density at radius 1 is 1.18 bits per heavy atom. The van der Waals surface area contributed by atoms with Crippen LogP contribution in [0.4, 0.5) is 0 Å². The van der Waals surface area contributed by atoms with E-state index in [0.717, 1.165) is 5.56 Å². The monoisotopic (exact) mass is 246 g/mol. The van der Waals surface area contributed by atoms with Crippen molar-refractivity contribution < 1.29 is 9.36 Å². The highest BCUT2D eigenvalue weighted by atomic mass is 32.1. The molecule has 0 aliphatic rings. The second-order valence-electron chi connectivity index (χ2n) is 4.14. The van der Waals surface area contributed by atoms with Crippen LogP contribution in [0.25, 0.3) is 0 Å². The van der Waals surface area contributed by atoms with Gasteiger partial charge in [0.05, 0.1) is 4.88 Å². The normalized spacial score (nSPS) is 10.5. The summed E-state index contributed by atoms with van der Waals surface area (Å²) >= 11 is 1.74. The van der Waals surface area contributed by atoms with E-state index in [-0.39, 0.29) is 5.78 Å². The number of ketones is 1. The molecule has 17 heavy (non-hydrogen) atoms. The van der Waals surface area contributed by atoms with E-state index < -0.39 is 0 Å². The zero-order valence-corrected chi connectivity index (χ0v) is 11.2. The van der Waals surface area contributed by atoms with Crippen molar-refractivity contribution in [3.05, 3.63) is 51.5 Å². The van der Waals surface area contributed by atoms with Crippen LogP contribution < -0.4 is 4.57 Å². The van der Waals surface area contributed by atoms with Gasteiger partial charge in [0.15, 0.2) is 5.69 Å². The molecule has 0 unspecified atom stereocenters. The number of thiazole rings is 1. The number of aryl methyl sites for hydroxylation is 2. The summed E-state index contributed by atoms with van der Waals surface area (Å²) in [6.45, 7) is 6.66. The summed E-state index contributed by atoms with van der Waals surface area (Å²) in [6.07, 6.45) is 0. The molecule has 2 nitrogen and oxygen atoms in total. The second-order valence-corrected chi connectivity index (χ2v) is 5.55. The van der Waals surface area contributed by atoms with Gasteiger partial charge < -0.3 is 0 Å². The third-order valence-corrected chi connectivity index (χ3v) is 4.11. The first-order chi connectivity index (χ1) is 8.09. The number of Topliss-reactive ketones (excluding diaryl/α,β-unsaturated/α-hetero) is 1. The molecule has 2 aromatic rings. The van der Waals surface area contributed by atoms with Gasteiger partial charge in [0.2, 0.25) is 17.3 Å². The van der Waals surface area contributed by atoms with E-state index in [2.05, 4.69) is 25.3 Å². The summed E-state index contributed by atoms with van der Waals surface area (Å²) in [4.78, 5) is 13.4. The number of hydrogen-bond donors (Lipinski definition) is 0. The minimum Gasteiger partial charge on any atom is -0.287 e. The molecule has 2 rings (SSSR count). The van der Waals surface area contributed by atoms with Crippen molar-refractivity contribution in [3.8, 4) is 0 Å². The van der Waals surface area contributed by atoms with Gasteiger partial charge in [-0.3, -0.25) is 4.79 Å². The molecule has 1 heterocycles. The van der Waals surface area contributed by atoms with Crippen LogP contribution in [-0.2, 0) is 6.54 Å². The van der Waals surface area contributed by atoms with Crippen molar-refractivity contribution in [1.82, 2.24) is 0 Å². The summed E-state index contributed by atoms with van der Waals surface area (Å²) in [5.41, 5.74) is 1.97. The number of nitrogens with zero attached hydrogens (tertiary/aromatic N) is 1. The zero-order valence-electron chi connectivity index (χ0n) is 10.4. The standard InChI is InChI=1S/C14H16NOS/c1-10-11(2)17-12(3)15(10)9-14(16)13-7-5-4-6-8-13/h4-8H,9H2,1-3H3/q+1. The first kappa shape index (κ1) is 12.0. The third-order valence-electron chi connectivity index (χ3n) is 2.99. The van der Waals surface area contributed by atoms with E-state index >= 15 is 0 Å². The molecule has 0 aliphatic heterocycles. The largest absolute Gasteiger partial charge is 0.287 e. The number of rotatable bonds is 3. The molecule has 0 aliphatic carbocycles. The van der Waals surface area contributed by atoms with Crippen molar-refractivity contribution in [3.63, 3.8) is 0 Å². The molecule has 1 aromatic heterocycles. The fourth-order valence-corrected chi connectivity index (χ4v) is 2.88. The molecule has 0 fully saturated rings. The van der Waals surface area contributed by atoms with E-state index in [9.17, 15) is 4.79 Å². The molecule has 0 radical (unpaired) electrons. The van der Waals surface area contributed by atoms with Crippen LogP contribution >= 0.6 is 11.3 Å². The molecule has 0 saturated heterocycles. The first-order valence-corrected chi connectivity index (χ1v) is 6.46. The number of carbonyl (C=O) groups excluding carboxylic acids is 1. The summed E-state index contributed by atoms with van der Waals surface area (Å²) in [5, 5.41) is 1.18. The van der Waals surface area contributed by atoms with Crippen molar-refractivity contribution >= 4 is 17.1 Å². The maximum Gasteiger partial charge on any atom is 0.234 e. The van der Waals surface area contributed by atoms with Crippen molar-refractivity contribution in [1.29, 1.82) is 0 Å². The van der Waals surface area contributed by atoms with E-state index in [0.29, 0.717) is 6.54 Å². The van der Waals surface area contributed by atoms with Crippen LogP contribution in [0.15, 0.2) is 30.3 Å². The van der Waals surface area contributed by atoms with Gasteiger partial charge in [-0.2, -0.15) is 4.57 Å².